The van der Waals surface area contributed by atoms with Crippen LogP contribution in [0.25, 0.3) is 21.1 Å². The Labute approximate surface area is 154 Å². The van der Waals surface area contributed by atoms with E-state index in [0.29, 0.717) is 11.1 Å². The Morgan fingerprint density at radius 3 is 2.67 bits per heavy atom. The number of thiazole rings is 1. The predicted molar refractivity (Wildman–Crippen MR) is 95.5 cm³/mol. The summed E-state index contributed by atoms with van der Waals surface area (Å²) in [6.45, 7) is -0.200. The van der Waals surface area contributed by atoms with Crippen LogP contribution in [0, 0.1) is 17.5 Å². The van der Waals surface area contributed by atoms with Gasteiger partial charge in [0.1, 0.15) is 17.9 Å². The van der Waals surface area contributed by atoms with Crippen molar-refractivity contribution in [1.29, 1.82) is 0 Å². The molecule has 4 aromatic rings. The first kappa shape index (κ1) is 18.9. The SMILES string of the molecule is O.O=C(O)Cn1cc(Cc2nc3c(F)c(F)cc(F)c3s2)c2ccccc21. The molecule has 0 unspecified atom stereocenters. The van der Waals surface area contributed by atoms with E-state index in [-0.39, 0.29) is 28.7 Å². The molecule has 2 aromatic heterocycles. The zero-order valence-electron chi connectivity index (χ0n) is 13.7. The van der Waals surface area contributed by atoms with Gasteiger partial charge in [0.25, 0.3) is 0 Å². The van der Waals surface area contributed by atoms with Gasteiger partial charge in [-0.25, -0.2) is 18.2 Å². The van der Waals surface area contributed by atoms with Crippen molar-refractivity contribution in [2.75, 3.05) is 0 Å². The Hall–Kier alpha value is -2.91. The molecule has 0 aliphatic rings. The molecule has 140 valence electrons. The highest BCUT2D eigenvalue weighted by Crippen LogP contribution is 2.31. The molecule has 2 heterocycles. The normalized spacial score (nSPS) is 11.1. The number of rotatable bonds is 4. The molecule has 9 heteroatoms. The van der Waals surface area contributed by atoms with Crippen LogP contribution in [-0.4, -0.2) is 26.1 Å². The number of aromatic nitrogens is 2. The first-order chi connectivity index (χ1) is 12.4. The fraction of sp³-hybridized carbons (Fsp3) is 0.111. The van der Waals surface area contributed by atoms with Crippen molar-refractivity contribution in [3.8, 4) is 0 Å². The maximum Gasteiger partial charge on any atom is 0.323 e. The van der Waals surface area contributed by atoms with Gasteiger partial charge in [0.2, 0.25) is 0 Å². The molecule has 4 rings (SSSR count). The maximum absolute atomic E-state index is 13.9. The number of para-hydroxylation sites is 1. The second-order valence-electron chi connectivity index (χ2n) is 5.81. The standard InChI is InChI=1S/C18H11F3N2O2S.H2O/c19-11-6-12(20)18-17(16(11)21)22-14(26-18)5-9-7-23(8-15(24)25)13-4-2-1-3-10(9)13;/h1-4,6-7H,5,8H2,(H,24,25);1H2. The van der Waals surface area contributed by atoms with E-state index in [0.717, 1.165) is 27.8 Å². The van der Waals surface area contributed by atoms with Crippen LogP contribution in [0.2, 0.25) is 0 Å². The number of benzene rings is 2. The molecule has 0 bridgehead atoms. The van der Waals surface area contributed by atoms with Crippen LogP contribution in [0.1, 0.15) is 10.6 Å². The summed E-state index contributed by atoms with van der Waals surface area (Å²) in [5.41, 5.74) is 1.20. The molecule has 0 saturated carbocycles. The van der Waals surface area contributed by atoms with E-state index < -0.39 is 23.4 Å². The molecule has 0 spiro atoms. The summed E-state index contributed by atoms with van der Waals surface area (Å²) in [5, 5.41) is 10.3. The third kappa shape index (κ3) is 3.26. The molecule has 0 fully saturated rings. The van der Waals surface area contributed by atoms with Crippen molar-refractivity contribution in [3.63, 3.8) is 0 Å². The fourth-order valence-corrected chi connectivity index (χ4v) is 4.00. The van der Waals surface area contributed by atoms with Crippen LogP contribution in [-0.2, 0) is 17.8 Å². The number of carboxylic acids is 1. The van der Waals surface area contributed by atoms with Gasteiger partial charge >= 0.3 is 5.97 Å². The van der Waals surface area contributed by atoms with E-state index in [1.807, 2.05) is 12.1 Å². The molecule has 27 heavy (non-hydrogen) atoms. The van der Waals surface area contributed by atoms with Crippen LogP contribution in [0.15, 0.2) is 36.5 Å². The number of carbonyl (C=O) groups is 1. The van der Waals surface area contributed by atoms with Crippen molar-refractivity contribution >= 4 is 38.4 Å². The zero-order valence-corrected chi connectivity index (χ0v) is 14.5. The highest BCUT2D eigenvalue weighted by molar-refractivity contribution is 7.18. The lowest BCUT2D eigenvalue weighted by molar-refractivity contribution is -0.137. The van der Waals surface area contributed by atoms with Gasteiger partial charge in [0, 0.05) is 29.6 Å². The van der Waals surface area contributed by atoms with Gasteiger partial charge in [0.05, 0.1) is 9.71 Å². The molecule has 0 radical (unpaired) electrons. The second kappa shape index (κ2) is 7.01. The van der Waals surface area contributed by atoms with E-state index in [9.17, 15) is 18.0 Å². The summed E-state index contributed by atoms with van der Waals surface area (Å²) in [5.74, 6) is -4.27. The summed E-state index contributed by atoms with van der Waals surface area (Å²) >= 11 is 0.955. The quantitative estimate of drug-likeness (QED) is 0.538. The van der Waals surface area contributed by atoms with Gasteiger partial charge in [-0.05, 0) is 11.6 Å². The topological polar surface area (TPSA) is 86.6 Å². The van der Waals surface area contributed by atoms with Gasteiger partial charge in [-0.3, -0.25) is 4.79 Å². The van der Waals surface area contributed by atoms with Gasteiger partial charge in [-0.15, -0.1) is 11.3 Å². The highest BCUT2D eigenvalue weighted by Gasteiger charge is 2.19. The van der Waals surface area contributed by atoms with Crippen LogP contribution in [0.5, 0.6) is 0 Å². The summed E-state index contributed by atoms with van der Waals surface area (Å²) in [4.78, 5) is 15.1. The van der Waals surface area contributed by atoms with Crippen LogP contribution in [0.4, 0.5) is 13.2 Å². The minimum Gasteiger partial charge on any atom is -0.480 e. The monoisotopic (exact) mass is 394 g/mol. The van der Waals surface area contributed by atoms with Gasteiger partial charge in [-0.1, -0.05) is 18.2 Å². The van der Waals surface area contributed by atoms with E-state index in [2.05, 4.69) is 4.98 Å². The molecule has 0 aliphatic carbocycles. The molecule has 0 amide bonds. The first-order valence-electron chi connectivity index (χ1n) is 7.65. The van der Waals surface area contributed by atoms with E-state index in [1.165, 1.54) is 0 Å². The summed E-state index contributed by atoms with van der Waals surface area (Å²) in [6.07, 6.45) is 1.95. The van der Waals surface area contributed by atoms with Crippen molar-refractivity contribution in [3.05, 3.63) is 64.6 Å². The predicted octanol–water partition coefficient (Wildman–Crippen LogP) is 3.52. The van der Waals surface area contributed by atoms with Crippen LogP contribution >= 0.6 is 11.3 Å². The van der Waals surface area contributed by atoms with Crippen molar-refractivity contribution in [2.45, 2.75) is 13.0 Å². The number of fused-ring (bicyclic) bond motifs is 2. The Morgan fingerprint density at radius 2 is 1.93 bits per heavy atom. The number of halogens is 3. The molecular formula is C18H13F3N2O3S. The lowest BCUT2D eigenvalue weighted by Crippen LogP contribution is -2.07. The van der Waals surface area contributed by atoms with Gasteiger partial charge in [-0.2, -0.15) is 0 Å². The summed E-state index contributed by atoms with van der Waals surface area (Å²) in [7, 11) is 0. The summed E-state index contributed by atoms with van der Waals surface area (Å²) in [6, 6.07) is 7.78. The highest BCUT2D eigenvalue weighted by atomic mass is 32.1. The number of carboxylic acid groups (broad SMARTS) is 1. The lowest BCUT2D eigenvalue weighted by Gasteiger charge is -1.99. The molecule has 0 saturated heterocycles. The molecular weight excluding hydrogens is 381 g/mol. The lowest BCUT2D eigenvalue weighted by atomic mass is 10.1. The maximum atomic E-state index is 13.9. The smallest absolute Gasteiger partial charge is 0.323 e. The average Bonchev–Trinajstić information content (AvgIpc) is 3.16. The van der Waals surface area contributed by atoms with Gasteiger partial charge < -0.3 is 15.1 Å². The third-order valence-corrected chi connectivity index (χ3v) is 5.14. The minimum absolute atomic E-state index is 0. The second-order valence-corrected chi connectivity index (χ2v) is 6.89. The number of hydrogen-bond donors (Lipinski definition) is 1. The molecule has 2 aromatic carbocycles. The fourth-order valence-electron chi connectivity index (χ4n) is 3.01. The third-order valence-electron chi connectivity index (χ3n) is 4.08. The Balaban J connectivity index is 0.00000210. The van der Waals surface area contributed by atoms with Crippen molar-refractivity contribution in [2.24, 2.45) is 0 Å². The largest absolute Gasteiger partial charge is 0.480 e. The molecule has 5 nitrogen and oxygen atoms in total. The van der Waals surface area contributed by atoms with Crippen LogP contribution < -0.4 is 0 Å². The number of hydrogen-bond acceptors (Lipinski definition) is 3. The minimum atomic E-state index is -1.27. The summed E-state index contributed by atoms with van der Waals surface area (Å²) < 4.78 is 42.7. The molecule has 3 N–H and O–H groups in total. The Morgan fingerprint density at radius 1 is 1.19 bits per heavy atom. The van der Waals surface area contributed by atoms with Crippen molar-refractivity contribution in [1.82, 2.24) is 9.55 Å². The Kier molecular flexibility index (Phi) is 4.90. The van der Waals surface area contributed by atoms with E-state index in [1.54, 1.807) is 22.9 Å². The molecule has 0 aliphatic heterocycles. The van der Waals surface area contributed by atoms with E-state index >= 15 is 0 Å². The number of nitrogens with zero attached hydrogens (tertiary/aromatic N) is 2. The number of aliphatic carboxylic acids is 1. The average molecular weight is 394 g/mol. The molecule has 0 atom stereocenters. The Bertz CT molecular complexity index is 1170. The van der Waals surface area contributed by atoms with Crippen LogP contribution in [0.3, 0.4) is 0 Å². The first-order valence-corrected chi connectivity index (χ1v) is 8.47. The van der Waals surface area contributed by atoms with Gasteiger partial charge in [0.15, 0.2) is 11.6 Å². The van der Waals surface area contributed by atoms with E-state index in [4.69, 9.17) is 5.11 Å². The zero-order chi connectivity index (χ0) is 18.4. The van der Waals surface area contributed by atoms with Crippen molar-refractivity contribution < 1.29 is 28.5 Å².